The maximum Gasteiger partial charge on any atom is 0.129 e. The minimum Gasteiger partial charge on any atom is -0.507 e. The lowest BCUT2D eigenvalue weighted by Gasteiger charge is -2.09. The molecular weight excluding hydrogens is 194 g/mol. The highest BCUT2D eigenvalue weighted by molar-refractivity contribution is 7.99. The molecule has 0 radical (unpaired) electrons. The molecule has 1 fully saturated rings. The van der Waals surface area contributed by atoms with Crippen molar-refractivity contribution in [2.75, 3.05) is 12.3 Å². The van der Waals surface area contributed by atoms with E-state index < -0.39 is 0 Å². The van der Waals surface area contributed by atoms with Gasteiger partial charge in [-0.15, -0.1) is 11.8 Å². The third kappa shape index (κ3) is 2.42. The molecular formula is C11H15NOS. The van der Waals surface area contributed by atoms with Gasteiger partial charge in [-0.25, -0.2) is 0 Å². The van der Waals surface area contributed by atoms with Gasteiger partial charge < -0.3 is 10.4 Å². The molecule has 1 saturated heterocycles. The molecule has 1 aromatic rings. The van der Waals surface area contributed by atoms with Gasteiger partial charge in [-0.2, -0.15) is 0 Å². The summed E-state index contributed by atoms with van der Waals surface area (Å²) < 4.78 is 0. The summed E-state index contributed by atoms with van der Waals surface area (Å²) in [5.74, 6) is 1.45. The van der Waals surface area contributed by atoms with Gasteiger partial charge in [-0.1, -0.05) is 12.1 Å². The van der Waals surface area contributed by atoms with Gasteiger partial charge in [-0.05, 0) is 31.5 Å². The van der Waals surface area contributed by atoms with Crippen LogP contribution in [-0.4, -0.2) is 23.4 Å². The van der Waals surface area contributed by atoms with Gasteiger partial charge in [0.05, 0.1) is 0 Å². The van der Waals surface area contributed by atoms with Crippen LogP contribution in [0.4, 0.5) is 0 Å². The molecule has 0 amide bonds. The summed E-state index contributed by atoms with van der Waals surface area (Å²) in [5, 5.41) is 13.0. The van der Waals surface area contributed by atoms with Crippen molar-refractivity contribution < 1.29 is 5.11 Å². The molecule has 1 atom stereocenters. The molecule has 76 valence electrons. The SMILES string of the molecule is Oc1ccccc1SC[C@H]1CCCN1. The maximum atomic E-state index is 9.54. The summed E-state index contributed by atoms with van der Waals surface area (Å²) >= 11 is 1.73. The van der Waals surface area contributed by atoms with Gasteiger partial charge in [0.25, 0.3) is 0 Å². The molecule has 0 saturated carbocycles. The smallest absolute Gasteiger partial charge is 0.129 e. The first kappa shape index (κ1) is 9.87. The second-order valence-corrected chi connectivity index (χ2v) is 4.63. The van der Waals surface area contributed by atoms with Crippen molar-refractivity contribution in [1.29, 1.82) is 0 Å². The number of benzene rings is 1. The van der Waals surface area contributed by atoms with Crippen LogP contribution < -0.4 is 5.32 Å². The van der Waals surface area contributed by atoms with E-state index >= 15 is 0 Å². The zero-order valence-corrected chi connectivity index (χ0v) is 8.89. The topological polar surface area (TPSA) is 32.3 Å². The van der Waals surface area contributed by atoms with E-state index in [1.807, 2.05) is 18.2 Å². The maximum absolute atomic E-state index is 9.54. The first-order chi connectivity index (χ1) is 6.86. The van der Waals surface area contributed by atoms with E-state index in [2.05, 4.69) is 5.32 Å². The number of phenols is 1. The molecule has 0 bridgehead atoms. The van der Waals surface area contributed by atoms with Gasteiger partial charge in [0.15, 0.2) is 0 Å². The van der Waals surface area contributed by atoms with Crippen molar-refractivity contribution in [2.24, 2.45) is 0 Å². The van der Waals surface area contributed by atoms with Gasteiger partial charge in [0, 0.05) is 16.7 Å². The number of rotatable bonds is 3. The first-order valence-corrected chi connectivity index (χ1v) is 5.99. The van der Waals surface area contributed by atoms with Crippen molar-refractivity contribution in [2.45, 2.75) is 23.8 Å². The summed E-state index contributed by atoms with van der Waals surface area (Å²) in [7, 11) is 0. The number of hydrogen-bond acceptors (Lipinski definition) is 3. The average Bonchev–Trinajstić information content (AvgIpc) is 2.69. The predicted octanol–water partition coefficient (Wildman–Crippen LogP) is 2.24. The minimum atomic E-state index is 0.399. The van der Waals surface area contributed by atoms with E-state index in [4.69, 9.17) is 0 Å². The lowest BCUT2D eigenvalue weighted by Crippen LogP contribution is -2.23. The lowest BCUT2D eigenvalue weighted by atomic mass is 10.3. The molecule has 0 aliphatic carbocycles. The molecule has 0 aromatic heterocycles. The van der Waals surface area contributed by atoms with Crippen molar-refractivity contribution in [3.05, 3.63) is 24.3 Å². The summed E-state index contributed by atoms with van der Waals surface area (Å²) in [6.45, 7) is 1.14. The van der Waals surface area contributed by atoms with E-state index in [1.165, 1.54) is 12.8 Å². The molecule has 2 N–H and O–H groups in total. The number of hydrogen-bond donors (Lipinski definition) is 2. The fraction of sp³-hybridized carbons (Fsp3) is 0.455. The fourth-order valence-corrected chi connectivity index (χ4v) is 2.72. The van der Waals surface area contributed by atoms with Crippen LogP contribution in [0.2, 0.25) is 0 Å². The van der Waals surface area contributed by atoms with E-state index in [1.54, 1.807) is 17.8 Å². The standard InChI is InChI=1S/C11H15NOS/c13-10-5-1-2-6-11(10)14-8-9-4-3-7-12-9/h1-2,5-6,9,12-13H,3-4,7-8H2/t9-/m1/s1. The second-order valence-electron chi connectivity index (χ2n) is 3.57. The van der Waals surface area contributed by atoms with Gasteiger partial charge in [0.1, 0.15) is 5.75 Å². The Morgan fingerprint density at radius 2 is 2.29 bits per heavy atom. The quantitative estimate of drug-likeness (QED) is 0.749. The summed E-state index contributed by atoms with van der Waals surface area (Å²) in [6.07, 6.45) is 2.55. The molecule has 0 unspecified atom stereocenters. The van der Waals surface area contributed by atoms with Gasteiger partial charge in [0.2, 0.25) is 0 Å². The molecule has 2 nitrogen and oxygen atoms in total. The number of para-hydroxylation sites is 1. The predicted molar refractivity (Wildman–Crippen MR) is 59.9 cm³/mol. The van der Waals surface area contributed by atoms with E-state index in [0.717, 1.165) is 17.2 Å². The Kier molecular flexibility index (Phi) is 3.32. The summed E-state index contributed by atoms with van der Waals surface area (Å²) in [6, 6.07) is 8.15. The molecule has 1 aliphatic rings. The number of aromatic hydroxyl groups is 1. The van der Waals surface area contributed by atoms with Crippen molar-refractivity contribution in [1.82, 2.24) is 5.32 Å². The molecule has 0 spiro atoms. The highest BCUT2D eigenvalue weighted by atomic mass is 32.2. The third-order valence-corrected chi connectivity index (χ3v) is 3.69. The van der Waals surface area contributed by atoms with Crippen LogP contribution in [0.3, 0.4) is 0 Å². The Labute approximate surface area is 88.7 Å². The van der Waals surface area contributed by atoms with Crippen LogP contribution in [0.1, 0.15) is 12.8 Å². The van der Waals surface area contributed by atoms with Crippen LogP contribution in [0.25, 0.3) is 0 Å². The lowest BCUT2D eigenvalue weighted by molar-refractivity contribution is 0.462. The van der Waals surface area contributed by atoms with Crippen LogP contribution in [0.15, 0.2) is 29.2 Å². The van der Waals surface area contributed by atoms with E-state index in [-0.39, 0.29) is 0 Å². The van der Waals surface area contributed by atoms with E-state index in [9.17, 15) is 5.11 Å². The van der Waals surface area contributed by atoms with Crippen LogP contribution in [-0.2, 0) is 0 Å². The zero-order chi connectivity index (χ0) is 9.80. The number of nitrogens with one attached hydrogen (secondary N) is 1. The van der Waals surface area contributed by atoms with Crippen molar-refractivity contribution in [3.63, 3.8) is 0 Å². The molecule has 3 heteroatoms. The molecule has 1 aromatic carbocycles. The summed E-state index contributed by atoms with van der Waals surface area (Å²) in [5.41, 5.74) is 0. The van der Waals surface area contributed by atoms with Crippen LogP contribution >= 0.6 is 11.8 Å². The highest BCUT2D eigenvalue weighted by Crippen LogP contribution is 2.28. The Balaban J connectivity index is 1.88. The highest BCUT2D eigenvalue weighted by Gasteiger charge is 2.14. The first-order valence-electron chi connectivity index (χ1n) is 5.00. The number of thioether (sulfide) groups is 1. The van der Waals surface area contributed by atoms with Crippen LogP contribution in [0, 0.1) is 0 Å². The monoisotopic (exact) mass is 209 g/mol. The normalized spacial score (nSPS) is 21.3. The Morgan fingerprint density at radius 3 is 3.00 bits per heavy atom. The Bertz CT molecular complexity index is 297. The minimum absolute atomic E-state index is 0.399. The van der Waals surface area contributed by atoms with Gasteiger partial charge in [-0.3, -0.25) is 0 Å². The van der Waals surface area contributed by atoms with Gasteiger partial charge >= 0.3 is 0 Å². The number of phenolic OH excluding ortho intramolecular Hbond substituents is 1. The molecule has 1 heterocycles. The zero-order valence-electron chi connectivity index (χ0n) is 8.07. The summed E-state index contributed by atoms with van der Waals surface area (Å²) in [4.78, 5) is 0.987. The van der Waals surface area contributed by atoms with E-state index in [0.29, 0.717) is 11.8 Å². The largest absolute Gasteiger partial charge is 0.507 e. The third-order valence-electron chi connectivity index (χ3n) is 2.47. The average molecular weight is 209 g/mol. The van der Waals surface area contributed by atoms with Crippen molar-refractivity contribution >= 4 is 11.8 Å². The Hall–Kier alpha value is -0.670. The Morgan fingerprint density at radius 1 is 1.43 bits per heavy atom. The van der Waals surface area contributed by atoms with Crippen molar-refractivity contribution in [3.8, 4) is 5.75 Å². The fourth-order valence-electron chi connectivity index (χ4n) is 1.67. The molecule has 1 aliphatic heterocycles. The van der Waals surface area contributed by atoms with Crippen LogP contribution in [0.5, 0.6) is 5.75 Å². The molecule has 14 heavy (non-hydrogen) atoms. The molecule has 2 rings (SSSR count). The second kappa shape index (κ2) is 4.71.